The van der Waals surface area contributed by atoms with Crippen LogP contribution in [0, 0.1) is 6.92 Å². The molecule has 7 nitrogen and oxygen atoms in total. The summed E-state index contributed by atoms with van der Waals surface area (Å²) in [5.41, 5.74) is 0.952. The normalized spacial score (nSPS) is 12.0. The number of amides is 1. The summed E-state index contributed by atoms with van der Waals surface area (Å²) in [5.74, 6) is -0.0979. The van der Waals surface area contributed by atoms with Gasteiger partial charge in [-0.3, -0.25) is 9.59 Å². The van der Waals surface area contributed by atoms with Gasteiger partial charge in [-0.2, -0.15) is 0 Å². The molecule has 3 rings (SSSR count). The Morgan fingerprint density at radius 3 is 2.78 bits per heavy atom. The molecule has 0 aliphatic rings. The maximum absolute atomic E-state index is 12.6. The summed E-state index contributed by atoms with van der Waals surface area (Å²) in [5, 5.41) is 17.2. The zero-order valence-electron chi connectivity index (χ0n) is 14.6. The molecule has 140 valence electrons. The Hall–Kier alpha value is -2.90. The van der Waals surface area contributed by atoms with Crippen LogP contribution < -0.4 is 10.9 Å². The number of hydrogen-bond donors (Lipinski definition) is 2. The van der Waals surface area contributed by atoms with Crippen molar-refractivity contribution in [1.82, 2.24) is 15.0 Å². The predicted molar refractivity (Wildman–Crippen MR) is 101 cm³/mol. The van der Waals surface area contributed by atoms with Gasteiger partial charge < -0.3 is 19.5 Å². The van der Waals surface area contributed by atoms with Crippen LogP contribution in [0.4, 0.5) is 0 Å². The van der Waals surface area contributed by atoms with Gasteiger partial charge in [0.25, 0.3) is 11.5 Å². The van der Waals surface area contributed by atoms with E-state index in [-0.39, 0.29) is 24.2 Å². The van der Waals surface area contributed by atoms with Gasteiger partial charge in [0.2, 0.25) is 0 Å². The van der Waals surface area contributed by atoms with Crippen molar-refractivity contribution in [2.75, 3.05) is 6.54 Å². The van der Waals surface area contributed by atoms with Crippen molar-refractivity contribution in [3.8, 4) is 11.3 Å². The maximum Gasteiger partial charge on any atom is 0.257 e. The van der Waals surface area contributed by atoms with Crippen molar-refractivity contribution in [2.24, 2.45) is 0 Å². The van der Waals surface area contributed by atoms with E-state index in [1.807, 2.05) is 0 Å². The van der Waals surface area contributed by atoms with Crippen molar-refractivity contribution in [3.63, 3.8) is 0 Å². The molecule has 0 fully saturated rings. The fraction of sp³-hybridized carbons (Fsp3) is 0.211. The zero-order chi connectivity index (χ0) is 19.4. The largest absolute Gasteiger partial charge is 0.389 e. The van der Waals surface area contributed by atoms with Crippen LogP contribution in [0.3, 0.4) is 0 Å². The fourth-order valence-electron chi connectivity index (χ4n) is 2.68. The zero-order valence-corrected chi connectivity index (χ0v) is 15.3. The average molecular weight is 388 g/mol. The van der Waals surface area contributed by atoms with Gasteiger partial charge in [-0.25, -0.2) is 0 Å². The molecule has 2 N–H and O–H groups in total. The molecule has 0 saturated heterocycles. The molecule has 0 aliphatic carbocycles. The van der Waals surface area contributed by atoms with E-state index >= 15 is 0 Å². The molecule has 0 spiro atoms. The highest BCUT2D eigenvalue weighted by Gasteiger charge is 2.23. The Morgan fingerprint density at radius 2 is 2.04 bits per heavy atom. The number of aliphatic hydroxyl groups is 1. The number of hydrogen-bond acceptors (Lipinski definition) is 5. The van der Waals surface area contributed by atoms with E-state index in [1.54, 1.807) is 49.5 Å². The Kier molecular flexibility index (Phi) is 5.73. The van der Waals surface area contributed by atoms with E-state index in [4.69, 9.17) is 16.1 Å². The molecule has 1 aromatic carbocycles. The molecule has 8 heteroatoms. The first-order valence-corrected chi connectivity index (χ1v) is 8.68. The number of benzene rings is 1. The van der Waals surface area contributed by atoms with Gasteiger partial charge in [0.1, 0.15) is 17.0 Å². The second-order valence-corrected chi connectivity index (χ2v) is 6.40. The molecule has 0 bridgehead atoms. The predicted octanol–water partition coefficient (Wildman–Crippen LogP) is 2.26. The lowest BCUT2D eigenvalue weighted by Crippen LogP contribution is -2.36. The van der Waals surface area contributed by atoms with Gasteiger partial charge in [-0.1, -0.05) is 41.0 Å². The Bertz CT molecular complexity index is 1010. The highest BCUT2D eigenvalue weighted by molar-refractivity contribution is 6.33. The Morgan fingerprint density at radius 1 is 1.30 bits per heavy atom. The first-order valence-electron chi connectivity index (χ1n) is 8.30. The van der Waals surface area contributed by atoms with Gasteiger partial charge in [-0.15, -0.1) is 0 Å². The number of halogens is 1. The molecule has 0 saturated carbocycles. The lowest BCUT2D eigenvalue weighted by Gasteiger charge is -2.13. The van der Waals surface area contributed by atoms with Gasteiger partial charge in [0.15, 0.2) is 0 Å². The van der Waals surface area contributed by atoms with Crippen LogP contribution in [-0.4, -0.2) is 33.4 Å². The minimum atomic E-state index is -0.932. The van der Waals surface area contributed by atoms with E-state index in [0.717, 1.165) is 0 Å². The van der Waals surface area contributed by atoms with Gasteiger partial charge in [-0.05, 0) is 19.1 Å². The molecule has 0 aliphatic heterocycles. The minimum absolute atomic E-state index is 0.0350. The third-order valence-corrected chi connectivity index (χ3v) is 4.35. The average Bonchev–Trinajstić information content (AvgIpc) is 3.03. The summed E-state index contributed by atoms with van der Waals surface area (Å²) in [6.07, 6.45) is 0.644. The number of aromatic nitrogens is 2. The lowest BCUT2D eigenvalue weighted by atomic mass is 10.1. The van der Waals surface area contributed by atoms with E-state index in [0.29, 0.717) is 22.0 Å². The number of nitrogens with zero attached hydrogens (tertiary/aromatic N) is 2. The number of rotatable bonds is 6. The van der Waals surface area contributed by atoms with Gasteiger partial charge in [0.05, 0.1) is 17.7 Å². The highest BCUT2D eigenvalue weighted by Crippen LogP contribution is 2.30. The fourth-order valence-corrected chi connectivity index (χ4v) is 2.90. The summed E-state index contributed by atoms with van der Waals surface area (Å²) in [6.45, 7) is 1.66. The summed E-state index contributed by atoms with van der Waals surface area (Å²) in [4.78, 5) is 24.3. The SMILES string of the molecule is Cc1onc(-c2ccccc2Cl)c1C(=O)NC[C@H](O)Cn1ccccc1=O. The number of carbonyl (C=O) groups excluding carboxylic acids is 1. The Balaban J connectivity index is 1.72. The molecule has 2 heterocycles. The second kappa shape index (κ2) is 8.20. The third-order valence-electron chi connectivity index (χ3n) is 4.02. The molecule has 0 radical (unpaired) electrons. The highest BCUT2D eigenvalue weighted by atomic mass is 35.5. The molecule has 1 atom stereocenters. The van der Waals surface area contributed by atoms with E-state index in [9.17, 15) is 14.7 Å². The van der Waals surface area contributed by atoms with Crippen molar-refractivity contribution in [2.45, 2.75) is 19.6 Å². The van der Waals surface area contributed by atoms with Crippen molar-refractivity contribution < 1.29 is 14.4 Å². The van der Waals surface area contributed by atoms with E-state index in [1.165, 1.54) is 10.6 Å². The summed E-state index contributed by atoms with van der Waals surface area (Å²) < 4.78 is 6.54. The van der Waals surface area contributed by atoms with Crippen LogP contribution in [0.25, 0.3) is 11.3 Å². The smallest absolute Gasteiger partial charge is 0.257 e. The van der Waals surface area contributed by atoms with E-state index < -0.39 is 12.0 Å². The van der Waals surface area contributed by atoms with Gasteiger partial charge in [0, 0.05) is 24.4 Å². The van der Waals surface area contributed by atoms with Crippen molar-refractivity contribution in [3.05, 3.63) is 75.4 Å². The van der Waals surface area contributed by atoms with E-state index in [2.05, 4.69) is 10.5 Å². The number of pyridine rings is 1. The molecule has 3 aromatic rings. The van der Waals surface area contributed by atoms with Crippen LogP contribution in [0.2, 0.25) is 5.02 Å². The van der Waals surface area contributed by atoms with Gasteiger partial charge >= 0.3 is 0 Å². The topological polar surface area (TPSA) is 97.4 Å². The van der Waals surface area contributed by atoms with Crippen LogP contribution in [0.5, 0.6) is 0 Å². The lowest BCUT2D eigenvalue weighted by molar-refractivity contribution is 0.0902. The molecule has 0 unspecified atom stereocenters. The van der Waals surface area contributed by atoms with Crippen LogP contribution in [-0.2, 0) is 6.54 Å². The molecule has 2 aromatic heterocycles. The number of carbonyl (C=O) groups is 1. The molecule has 27 heavy (non-hydrogen) atoms. The minimum Gasteiger partial charge on any atom is -0.389 e. The summed E-state index contributed by atoms with van der Waals surface area (Å²) >= 11 is 6.19. The summed E-state index contributed by atoms with van der Waals surface area (Å²) in [7, 11) is 0. The second-order valence-electron chi connectivity index (χ2n) is 6.00. The number of aliphatic hydroxyl groups excluding tert-OH is 1. The standard InChI is InChI=1S/C19H18ClN3O4/c1-12-17(18(22-27-12)14-6-2-3-7-15(14)20)19(26)21-10-13(24)11-23-9-5-4-8-16(23)25/h2-9,13,24H,10-11H2,1H3,(H,21,26)/t13-/m0/s1. The van der Waals surface area contributed by atoms with Crippen LogP contribution in [0.15, 0.2) is 58.0 Å². The molecular weight excluding hydrogens is 370 g/mol. The maximum atomic E-state index is 12.6. The van der Waals surface area contributed by atoms with Crippen LogP contribution in [0.1, 0.15) is 16.1 Å². The number of nitrogens with one attached hydrogen (secondary N) is 1. The van der Waals surface area contributed by atoms with Crippen molar-refractivity contribution >= 4 is 17.5 Å². The third kappa shape index (κ3) is 4.27. The van der Waals surface area contributed by atoms with Crippen molar-refractivity contribution in [1.29, 1.82) is 0 Å². The summed E-state index contributed by atoms with van der Waals surface area (Å²) in [6, 6.07) is 11.7. The number of aryl methyl sites for hydroxylation is 1. The van der Waals surface area contributed by atoms with Crippen LogP contribution >= 0.6 is 11.6 Å². The quantitative estimate of drug-likeness (QED) is 0.676. The monoisotopic (exact) mass is 387 g/mol. The first-order chi connectivity index (χ1) is 13.0. The Labute approximate surface area is 160 Å². The molecular formula is C19H18ClN3O4. The first kappa shape index (κ1) is 18.9. The molecule has 1 amide bonds.